The minimum Gasteiger partial charge on any atom is -0.243 e. The van der Waals surface area contributed by atoms with Crippen LogP contribution in [0.3, 0.4) is 0 Å². The zero-order valence-electron chi connectivity index (χ0n) is 7.43. The summed E-state index contributed by atoms with van der Waals surface area (Å²) in [6.45, 7) is 2.05. The van der Waals surface area contributed by atoms with Crippen molar-refractivity contribution in [1.82, 2.24) is 20.6 Å². The highest BCUT2D eigenvalue weighted by Gasteiger charge is 1.93. The van der Waals surface area contributed by atoms with Gasteiger partial charge in [0.05, 0.1) is 6.21 Å². The van der Waals surface area contributed by atoms with Gasteiger partial charge in [0.15, 0.2) is 0 Å². The summed E-state index contributed by atoms with van der Waals surface area (Å²) in [5.41, 5.74) is 2.64. The normalized spacial score (nSPS) is 10.9. The molecular formula is C7H8N6S. The van der Waals surface area contributed by atoms with Crippen LogP contribution in [0, 0.1) is 6.92 Å². The van der Waals surface area contributed by atoms with Crippen molar-refractivity contribution >= 4 is 23.5 Å². The molecule has 2 N–H and O–H groups in total. The van der Waals surface area contributed by atoms with Crippen molar-refractivity contribution in [3.05, 3.63) is 21.9 Å². The Morgan fingerprint density at radius 2 is 2.50 bits per heavy atom. The summed E-state index contributed by atoms with van der Waals surface area (Å²) in [5.74, 6) is 0.356. The van der Waals surface area contributed by atoms with Crippen LogP contribution in [0.2, 0.25) is 0 Å². The number of nitrogens with one attached hydrogen (secondary N) is 2. The molecule has 0 spiro atoms. The van der Waals surface area contributed by atoms with Crippen LogP contribution in [0.4, 0.5) is 5.95 Å². The van der Waals surface area contributed by atoms with Crippen LogP contribution in [0.25, 0.3) is 0 Å². The molecule has 2 aromatic heterocycles. The second-order valence-electron chi connectivity index (χ2n) is 2.55. The molecule has 2 aromatic rings. The fraction of sp³-hybridized carbons (Fsp3) is 0.143. The van der Waals surface area contributed by atoms with Crippen molar-refractivity contribution in [2.24, 2.45) is 5.10 Å². The predicted molar refractivity (Wildman–Crippen MR) is 54.5 cm³/mol. The van der Waals surface area contributed by atoms with E-state index in [1.165, 1.54) is 4.88 Å². The second kappa shape index (κ2) is 3.97. The molecule has 0 fully saturated rings. The molecule has 0 amide bonds. The molecule has 0 aromatic carbocycles. The number of aromatic nitrogens is 4. The Kier molecular flexibility index (Phi) is 2.50. The van der Waals surface area contributed by atoms with Crippen LogP contribution < -0.4 is 5.43 Å². The molecule has 2 rings (SSSR count). The van der Waals surface area contributed by atoms with Gasteiger partial charge in [0, 0.05) is 9.75 Å². The monoisotopic (exact) mass is 208 g/mol. The first kappa shape index (κ1) is 8.82. The summed E-state index contributed by atoms with van der Waals surface area (Å²) in [7, 11) is 0. The Bertz CT molecular complexity index is 417. The van der Waals surface area contributed by atoms with Crippen LogP contribution in [0.15, 0.2) is 17.2 Å². The molecule has 72 valence electrons. The van der Waals surface area contributed by atoms with Crippen LogP contribution in [-0.2, 0) is 0 Å². The molecule has 0 saturated heterocycles. The van der Waals surface area contributed by atoms with Gasteiger partial charge in [-0.25, -0.2) is 5.43 Å². The lowest BCUT2D eigenvalue weighted by Crippen LogP contribution is -1.91. The summed E-state index contributed by atoms with van der Waals surface area (Å²) < 4.78 is 0. The Hall–Kier alpha value is -1.76. The molecule has 0 bridgehead atoms. The zero-order valence-corrected chi connectivity index (χ0v) is 8.25. The third kappa shape index (κ3) is 2.13. The molecule has 0 aliphatic rings. The molecule has 7 heteroatoms. The molecule has 14 heavy (non-hydrogen) atoms. The zero-order chi connectivity index (χ0) is 9.80. The quantitative estimate of drug-likeness (QED) is 0.583. The van der Waals surface area contributed by atoms with E-state index in [0.29, 0.717) is 5.95 Å². The van der Waals surface area contributed by atoms with Crippen LogP contribution in [-0.4, -0.2) is 26.8 Å². The number of rotatable bonds is 3. The maximum atomic E-state index is 3.95. The fourth-order valence-electron chi connectivity index (χ4n) is 0.886. The molecule has 0 aliphatic heterocycles. The average Bonchev–Trinajstić information content (AvgIpc) is 2.77. The van der Waals surface area contributed by atoms with Crippen molar-refractivity contribution < 1.29 is 0 Å². The minimum atomic E-state index is 0.356. The number of anilines is 1. The van der Waals surface area contributed by atoms with Gasteiger partial charge in [0.2, 0.25) is 0 Å². The van der Waals surface area contributed by atoms with Crippen LogP contribution >= 0.6 is 11.3 Å². The number of thiophene rings is 1. The lowest BCUT2D eigenvalue weighted by atomic mass is 10.4. The first-order valence-electron chi connectivity index (χ1n) is 3.93. The Morgan fingerprint density at radius 3 is 3.14 bits per heavy atom. The standard InChI is InChI=1S/C7H8N6S/c1-5-2-3-6(14-5)4-8-9-7-10-12-13-11-7/h2-4H,1H3,(H2,9,10,11,12,13). The highest BCUT2D eigenvalue weighted by atomic mass is 32.1. The van der Waals surface area contributed by atoms with E-state index >= 15 is 0 Å². The van der Waals surface area contributed by atoms with Gasteiger partial charge >= 0.3 is 0 Å². The fourth-order valence-corrected chi connectivity index (χ4v) is 1.63. The number of aryl methyl sites for hydroxylation is 1. The third-order valence-electron chi connectivity index (χ3n) is 1.46. The maximum absolute atomic E-state index is 3.95. The highest BCUT2D eigenvalue weighted by Crippen LogP contribution is 2.12. The molecule has 0 unspecified atom stereocenters. The van der Waals surface area contributed by atoms with Crippen molar-refractivity contribution in [3.8, 4) is 0 Å². The van der Waals surface area contributed by atoms with E-state index in [1.807, 2.05) is 12.1 Å². The summed E-state index contributed by atoms with van der Waals surface area (Å²) in [6, 6.07) is 4.04. The Balaban J connectivity index is 1.95. The van der Waals surface area contributed by atoms with Gasteiger partial charge in [-0.2, -0.15) is 10.3 Å². The van der Waals surface area contributed by atoms with E-state index < -0.39 is 0 Å². The number of hydrogen-bond acceptors (Lipinski definition) is 6. The number of H-pyrrole nitrogens is 1. The summed E-state index contributed by atoms with van der Waals surface area (Å²) in [5, 5.41) is 17.0. The summed E-state index contributed by atoms with van der Waals surface area (Å²) in [6.07, 6.45) is 1.72. The van der Waals surface area contributed by atoms with Gasteiger partial charge in [-0.1, -0.05) is 5.10 Å². The van der Waals surface area contributed by atoms with E-state index in [2.05, 4.69) is 38.1 Å². The predicted octanol–water partition coefficient (Wildman–Crippen LogP) is 1.02. The summed E-state index contributed by atoms with van der Waals surface area (Å²) in [4.78, 5) is 2.34. The van der Waals surface area contributed by atoms with Crippen molar-refractivity contribution in [2.75, 3.05) is 5.43 Å². The molecule has 2 heterocycles. The Labute approximate surface area is 84.0 Å². The number of nitrogens with zero attached hydrogens (tertiary/aromatic N) is 4. The van der Waals surface area contributed by atoms with E-state index in [0.717, 1.165) is 4.88 Å². The first-order valence-corrected chi connectivity index (χ1v) is 4.75. The van der Waals surface area contributed by atoms with E-state index in [-0.39, 0.29) is 0 Å². The Morgan fingerprint density at radius 1 is 1.57 bits per heavy atom. The lowest BCUT2D eigenvalue weighted by molar-refractivity contribution is 0.881. The highest BCUT2D eigenvalue weighted by molar-refractivity contribution is 7.13. The minimum absolute atomic E-state index is 0.356. The number of hydrazone groups is 1. The van der Waals surface area contributed by atoms with Gasteiger partial charge in [-0.15, -0.1) is 16.4 Å². The molecule has 0 radical (unpaired) electrons. The maximum Gasteiger partial charge on any atom is 0.283 e. The number of aromatic amines is 1. The van der Waals surface area contributed by atoms with Crippen LogP contribution in [0.1, 0.15) is 9.75 Å². The third-order valence-corrected chi connectivity index (χ3v) is 2.40. The topological polar surface area (TPSA) is 78.9 Å². The van der Waals surface area contributed by atoms with E-state index in [9.17, 15) is 0 Å². The summed E-state index contributed by atoms with van der Waals surface area (Å²) >= 11 is 1.67. The van der Waals surface area contributed by atoms with Gasteiger partial charge in [0.1, 0.15) is 0 Å². The van der Waals surface area contributed by atoms with Gasteiger partial charge in [0.25, 0.3) is 5.95 Å². The molecule has 0 atom stereocenters. The van der Waals surface area contributed by atoms with Gasteiger partial charge < -0.3 is 0 Å². The molecule has 6 nitrogen and oxygen atoms in total. The lowest BCUT2D eigenvalue weighted by Gasteiger charge is -1.87. The second-order valence-corrected chi connectivity index (χ2v) is 3.87. The number of hydrogen-bond donors (Lipinski definition) is 2. The molecular weight excluding hydrogens is 200 g/mol. The first-order chi connectivity index (χ1) is 6.84. The smallest absolute Gasteiger partial charge is 0.243 e. The molecule has 0 saturated carbocycles. The van der Waals surface area contributed by atoms with Gasteiger partial charge in [-0.3, -0.25) is 0 Å². The van der Waals surface area contributed by atoms with Crippen molar-refractivity contribution in [1.29, 1.82) is 0 Å². The largest absolute Gasteiger partial charge is 0.283 e. The van der Waals surface area contributed by atoms with Gasteiger partial charge in [-0.05, 0) is 24.3 Å². The van der Waals surface area contributed by atoms with Crippen molar-refractivity contribution in [3.63, 3.8) is 0 Å². The van der Waals surface area contributed by atoms with Crippen molar-refractivity contribution in [2.45, 2.75) is 6.92 Å². The molecule has 0 aliphatic carbocycles. The van der Waals surface area contributed by atoms with E-state index in [4.69, 9.17) is 0 Å². The average molecular weight is 208 g/mol. The number of tetrazole rings is 1. The van der Waals surface area contributed by atoms with Crippen LogP contribution in [0.5, 0.6) is 0 Å². The van der Waals surface area contributed by atoms with E-state index in [1.54, 1.807) is 17.6 Å². The SMILES string of the molecule is Cc1ccc(C=NNc2nn[nH]n2)s1.